The van der Waals surface area contributed by atoms with Crippen LogP contribution in [0.25, 0.3) is 0 Å². The summed E-state index contributed by atoms with van der Waals surface area (Å²) >= 11 is 0. The number of nitro benzene ring substituents is 1. The van der Waals surface area contributed by atoms with E-state index in [2.05, 4.69) is 0 Å². The molecule has 1 unspecified atom stereocenters. The van der Waals surface area contributed by atoms with Crippen LogP contribution in [-0.2, 0) is 4.79 Å². The number of nitro groups is 1. The van der Waals surface area contributed by atoms with Crippen molar-refractivity contribution in [3.8, 4) is 5.75 Å². The Morgan fingerprint density at radius 2 is 1.40 bits per heavy atom. The summed E-state index contributed by atoms with van der Waals surface area (Å²) in [5.41, 5.74) is 0.832. The minimum atomic E-state index is -0.886. The molecule has 0 aliphatic heterocycles. The lowest BCUT2D eigenvalue weighted by atomic mass is 9.90. The fourth-order valence-electron chi connectivity index (χ4n) is 2.65. The normalized spacial score (nSPS) is 11.5. The lowest BCUT2D eigenvalue weighted by Gasteiger charge is -2.17. The summed E-state index contributed by atoms with van der Waals surface area (Å²) in [6.45, 7) is 0. The number of esters is 1. The molecular formula is C20H15NO4. The zero-order valence-electron chi connectivity index (χ0n) is 13.2. The highest BCUT2D eigenvalue weighted by atomic mass is 16.6. The van der Waals surface area contributed by atoms with Gasteiger partial charge in [-0.05, 0) is 17.7 Å². The van der Waals surface area contributed by atoms with Crippen molar-refractivity contribution >= 4 is 11.7 Å². The Bertz CT molecular complexity index is 878. The SMILES string of the molecule is O=C(Oc1ccccc1)C(c1ccccc1)c1ccccc1[N+](=O)[O-]. The van der Waals surface area contributed by atoms with Crippen LogP contribution in [0.4, 0.5) is 5.69 Å². The van der Waals surface area contributed by atoms with Crippen molar-refractivity contribution in [3.63, 3.8) is 0 Å². The molecule has 0 aromatic heterocycles. The molecule has 0 spiro atoms. The molecule has 0 saturated heterocycles. The Kier molecular flexibility index (Phi) is 4.85. The van der Waals surface area contributed by atoms with Crippen molar-refractivity contribution in [2.75, 3.05) is 0 Å². The van der Waals surface area contributed by atoms with E-state index in [1.165, 1.54) is 6.07 Å². The Morgan fingerprint density at radius 1 is 0.840 bits per heavy atom. The second kappa shape index (κ2) is 7.40. The molecule has 0 bridgehead atoms. The molecule has 0 aliphatic rings. The van der Waals surface area contributed by atoms with Gasteiger partial charge in [0, 0.05) is 11.6 Å². The van der Waals surface area contributed by atoms with Crippen molar-refractivity contribution in [1.82, 2.24) is 0 Å². The van der Waals surface area contributed by atoms with Gasteiger partial charge < -0.3 is 4.74 Å². The lowest BCUT2D eigenvalue weighted by Crippen LogP contribution is -2.21. The number of nitrogens with zero attached hydrogens (tertiary/aromatic N) is 1. The van der Waals surface area contributed by atoms with Gasteiger partial charge in [-0.15, -0.1) is 0 Å². The maximum Gasteiger partial charge on any atom is 0.323 e. The van der Waals surface area contributed by atoms with E-state index in [0.29, 0.717) is 16.9 Å². The molecule has 3 rings (SSSR count). The predicted octanol–water partition coefficient (Wildman–Crippen LogP) is 4.33. The molecule has 0 heterocycles. The second-order valence-electron chi connectivity index (χ2n) is 5.39. The van der Waals surface area contributed by atoms with E-state index in [1.807, 2.05) is 12.1 Å². The van der Waals surface area contributed by atoms with E-state index in [0.717, 1.165) is 0 Å². The number of carbonyl (C=O) groups is 1. The highest BCUT2D eigenvalue weighted by Gasteiger charge is 2.30. The van der Waals surface area contributed by atoms with Crippen LogP contribution in [0.1, 0.15) is 17.0 Å². The van der Waals surface area contributed by atoms with E-state index in [4.69, 9.17) is 4.74 Å². The van der Waals surface area contributed by atoms with Gasteiger partial charge in [0.25, 0.3) is 5.69 Å². The highest BCUT2D eigenvalue weighted by Crippen LogP contribution is 2.33. The number of ether oxygens (including phenoxy) is 1. The number of carbonyl (C=O) groups excluding carboxylic acids is 1. The minimum Gasteiger partial charge on any atom is -0.426 e. The van der Waals surface area contributed by atoms with Gasteiger partial charge in [-0.1, -0.05) is 66.7 Å². The van der Waals surface area contributed by atoms with Gasteiger partial charge in [0.2, 0.25) is 0 Å². The average Bonchev–Trinajstić information content (AvgIpc) is 2.64. The lowest BCUT2D eigenvalue weighted by molar-refractivity contribution is -0.385. The van der Waals surface area contributed by atoms with Gasteiger partial charge in [-0.2, -0.15) is 0 Å². The summed E-state index contributed by atoms with van der Waals surface area (Å²) in [6, 6.07) is 23.8. The maximum absolute atomic E-state index is 12.8. The predicted molar refractivity (Wildman–Crippen MR) is 93.5 cm³/mol. The summed E-state index contributed by atoms with van der Waals surface area (Å²) in [4.78, 5) is 23.8. The fourth-order valence-corrected chi connectivity index (χ4v) is 2.65. The van der Waals surface area contributed by atoms with Gasteiger partial charge in [0.1, 0.15) is 11.7 Å². The summed E-state index contributed by atoms with van der Waals surface area (Å²) in [6.07, 6.45) is 0. The van der Waals surface area contributed by atoms with Crippen molar-refractivity contribution in [2.45, 2.75) is 5.92 Å². The Balaban J connectivity index is 2.05. The first-order chi connectivity index (χ1) is 12.2. The fraction of sp³-hybridized carbons (Fsp3) is 0.0500. The van der Waals surface area contributed by atoms with Gasteiger partial charge in [-0.3, -0.25) is 14.9 Å². The van der Waals surface area contributed by atoms with Gasteiger partial charge >= 0.3 is 5.97 Å². The van der Waals surface area contributed by atoms with E-state index in [-0.39, 0.29) is 5.69 Å². The van der Waals surface area contributed by atoms with Crippen LogP contribution in [-0.4, -0.2) is 10.9 Å². The molecule has 0 amide bonds. The zero-order chi connectivity index (χ0) is 17.6. The van der Waals surface area contributed by atoms with Gasteiger partial charge in [0.05, 0.1) is 4.92 Å². The third-order valence-electron chi connectivity index (χ3n) is 3.77. The summed E-state index contributed by atoms with van der Waals surface area (Å²) in [5, 5.41) is 11.4. The first-order valence-electron chi connectivity index (χ1n) is 7.72. The molecule has 1 atom stereocenters. The molecule has 5 heteroatoms. The zero-order valence-corrected chi connectivity index (χ0v) is 13.2. The van der Waals surface area contributed by atoms with E-state index >= 15 is 0 Å². The van der Waals surface area contributed by atoms with Crippen LogP contribution >= 0.6 is 0 Å². The van der Waals surface area contributed by atoms with Crippen LogP contribution in [0.3, 0.4) is 0 Å². The van der Waals surface area contributed by atoms with Crippen LogP contribution in [0, 0.1) is 10.1 Å². The van der Waals surface area contributed by atoms with Gasteiger partial charge in [0.15, 0.2) is 0 Å². The number of benzene rings is 3. The molecule has 3 aromatic carbocycles. The third-order valence-corrected chi connectivity index (χ3v) is 3.77. The molecule has 0 saturated carbocycles. The number of hydrogen-bond acceptors (Lipinski definition) is 4. The van der Waals surface area contributed by atoms with E-state index in [1.54, 1.807) is 66.7 Å². The van der Waals surface area contributed by atoms with Crippen molar-refractivity contribution in [2.24, 2.45) is 0 Å². The van der Waals surface area contributed by atoms with Gasteiger partial charge in [-0.25, -0.2) is 0 Å². The van der Waals surface area contributed by atoms with Crippen LogP contribution < -0.4 is 4.74 Å². The second-order valence-corrected chi connectivity index (χ2v) is 5.39. The number of para-hydroxylation sites is 2. The number of hydrogen-bond donors (Lipinski definition) is 0. The highest BCUT2D eigenvalue weighted by molar-refractivity contribution is 5.85. The maximum atomic E-state index is 12.8. The monoisotopic (exact) mass is 333 g/mol. The van der Waals surface area contributed by atoms with E-state index < -0.39 is 16.8 Å². The van der Waals surface area contributed by atoms with Crippen molar-refractivity contribution in [1.29, 1.82) is 0 Å². The largest absolute Gasteiger partial charge is 0.426 e. The Hall–Kier alpha value is -3.47. The third kappa shape index (κ3) is 3.72. The summed E-state index contributed by atoms with van der Waals surface area (Å²) < 4.78 is 5.46. The number of rotatable bonds is 5. The van der Waals surface area contributed by atoms with Crippen molar-refractivity contribution in [3.05, 3.63) is 106 Å². The Labute approximate surface area is 144 Å². The first kappa shape index (κ1) is 16.4. The summed E-state index contributed by atoms with van der Waals surface area (Å²) in [7, 11) is 0. The van der Waals surface area contributed by atoms with Crippen LogP contribution in [0.2, 0.25) is 0 Å². The quantitative estimate of drug-likeness (QED) is 0.301. The van der Waals surface area contributed by atoms with Crippen molar-refractivity contribution < 1.29 is 14.5 Å². The molecule has 0 radical (unpaired) electrons. The Morgan fingerprint density at radius 3 is 2.04 bits per heavy atom. The molecule has 0 aliphatic carbocycles. The van der Waals surface area contributed by atoms with Crippen LogP contribution in [0.15, 0.2) is 84.9 Å². The molecule has 0 N–H and O–H groups in total. The van der Waals surface area contributed by atoms with Crippen LogP contribution in [0.5, 0.6) is 5.75 Å². The standard InChI is InChI=1S/C20H15NO4/c22-20(25-16-11-5-2-6-12-16)19(15-9-3-1-4-10-15)17-13-7-8-14-18(17)21(23)24/h1-14,19H. The minimum absolute atomic E-state index is 0.110. The smallest absolute Gasteiger partial charge is 0.323 e. The molecule has 124 valence electrons. The molecule has 3 aromatic rings. The molecule has 5 nitrogen and oxygen atoms in total. The molecular weight excluding hydrogens is 318 g/mol. The van der Waals surface area contributed by atoms with E-state index in [9.17, 15) is 14.9 Å². The summed E-state index contributed by atoms with van der Waals surface area (Å²) in [5.74, 6) is -1.05. The first-order valence-corrected chi connectivity index (χ1v) is 7.72. The molecule has 25 heavy (non-hydrogen) atoms. The topological polar surface area (TPSA) is 69.4 Å². The molecule has 0 fully saturated rings. The average molecular weight is 333 g/mol.